The maximum Gasteiger partial charge on any atom is 0.212 e. The maximum atomic E-state index is 12.1. The Hall–Kier alpha value is -0.870. The van der Waals surface area contributed by atoms with E-state index in [-0.39, 0.29) is 5.75 Å². The van der Waals surface area contributed by atoms with E-state index in [1.54, 1.807) is 0 Å². The summed E-state index contributed by atoms with van der Waals surface area (Å²) in [4.78, 5) is 1.89. The molecular weight excluding hydrogens is 304 g/mol. The van der Waals surface area contributed by atoms with Crippen LogP contribution in [-0.4, -0.2) is 20.7 Å². The largest absolute Gasteiger partial charge is 0.320 e. The van der Waals surface area contributed by atoms with Crippen LogP contribution in [0.1, 0.15) is 41.9 Å². The second-order valence-corrected chi connectivity index (χ2v) is 8.40. The number of thiophene rings is 1. The summed E-state index contributed by atoms with van der Waals surface area (Å²) >= 11 is 1.50. The van der Waals surface area contributed by atoms with Crippen LogP contribution in [0.25, 0.3) is 0 Å². The van der Waals surface area contributed by atoms with Crippen LogP contribution in [0.5, 0.6) is 0 Å². The van der Waals surface area contributed by atoms with E-state index in [2.05, 4.69) is 16.6 Å². The van der Waals surface area contributed by atoms with Crippen LogP contribution >= 0.6 is 11.3 Å². The van der Waals surface area contributed by atoms with Gasteiger partial charge in [-0.15, -0.1) is 11.3 Å². The van der Waals surface area contributed by atoms with Gasteiger partial charge >= 0.3 is 0 Å². The lowest BCUT2D eigenvalue weighted by Gasteiger charge is -2.21. The monoisotopic (exact) mass is 326 g/mol. The molecule has 1 aliphatic rings. The first-order valence-electron chi connectivity index (χ1n) is 7.34. The topological polar surface area (TPSA) is 72.2 Å². The second-order valence-electron chi connectivity index (χ2n) is 5.38. The molecule has 1 saturated carbocycles. The number of sulfonamides is 1. The zero-order chi connectivity index (χ0) is 15.1. The normalized spacial score (nSPS) is 16.4. The van der Waals surface area contributed by atoms with Gasteiger partial charge in [0, 0.05) is 11.4 Å². The van der Waals surface area contributed by atoms with E-state index in [9.17, 15) is 8.42 Å². The van der Waals surface area contributed by atoms with Crippen molar-refractivity contribution in [1.82, 2.24) is 4.72 Å². The molecular formula is C15H22N2O2S2. The van der Waals surface area contributed by atoms with Crippen molar-refractivity contribution in [2.45, 2.75) is 38.6 Å². The van der Waals surface area contributed by atoms with Crippen molar-refractivity contribution in [3.05, 3.63) is 21.9 Å². The van der Waals surface area contributed by atoms with Crippen molar-refractivity contribution in [2.75, 3.05) is 12.3 Å². The average Bonchev–Trinajstić information content (AvgIpc) is 2.92. The predicted molar refractivity (Wildman–Crippen MR) is 87.5 cm³/mol. The summed E-state index contributed by atoms with van der Waals surface area (Å²) in [5, 5.41) is 0. The molecule has 6 heteroatoms. The smallest absolute Gasteiger partial charge is 0.212 e. The number of rotatable bonds is 5. The molecule has 21 heavy (non-hydrogen) atoms. The molecule has 1 aromatic rings. The van der Waals surface area contributed by atoms with Crippen LogP contribution in [0.4, 0.5) is 0 Å². The molecule has 0 bridgehead atoms. The van der Waals surface area contributed by atoms with Crippen LogP contribution < -0.4 is 10.5 Å². The van der Waals surface area contributed by atoms with Crippen molar-refractivity contribution in [1.29, 1.82) is 0 Å². The Morgan fingerprint density at radius 2 is 2.05 bits per heavy atom. The molecule has 0 amide bonds. The van der Waals surface area contributed by atoms with E-state index in [1.165, 1.54) is 17.8 Å². The van der Waals surface area contributed by atoms with Crippen LogP contribution in [0.3, 0.4) is 0 Å². The van der Waals surface area contributed by atoms with Crippen molar-refractivity contribution in [2.24, 2.45) is 11.7 Å². The molecule has 0 unspecified atom stereocenters. The van der Waals surface area contributed by atoms with Gasteiger partial charge in [-0.2, -0.15) is 0 Å². The highest BCUT2D eigenvalue weighted by molar-refractivity contribution is 7.89. The Morgan fingerprint density at radius 1 is 1.29 bits per heavy atom. The van der Waals surface area contributed by atoms with Gasteiger partial charge in [-0.05, 0) is 30.9 Å². The van der Waals surface area contributed by atoms with Gasteiger partial charge in [0.25, 0.3) is 0 Å². The Balaban J connectivity index is 1.84. The summed E-state index contributed by atoms with van der Waals surface area (Å²) < 4.78 is 26.9. The van der Waals surface area contributed by atoms with E-state index >= 15 is 0 Å². The van der Waals surface area contributed by atoms with Gasteiger partial charge in [0.05, 0.1) is 17.2 Å². The molecule has 0 atom stereocenters. The molecule has 1 aromatic heterocycles. The highest BCUT2D eigenvalue weighted by Crippen LogP contribution is 2.24. The molecule has 2 rings (SSSR count). The first kappa shape index (κ1) is 16.5. The highest BCUT2D eigenvalue weighted by Gasteiger charge is 2.21. The van der Waals surface area contributed by atoms with Gasteiger partial charge in [0.15, 0.2) is 0 Å². The van der Waals surface area contributed by atoms with Crippen molar-refractivity contribution in [3.63, 3.8) is 0 Å². The number of hydrogen-bond acceptors (Lipinski definition) is 4. The molecule has 3 N–H and O–H groups in total. The number of nitrogens with one attached hydrogen (secondary N) is 1. The van der Waals surface area contributed by atoms with E-state index in [0.717, 1.165) is 35.4 Å². The molecule has 0 aliphatic heterocycles. The third-order valence-electron chi connectivity index (χ3n) is 3.62. The summed E-state index contributed by atoms with van der Waals surface area (Å²) in [5.74, 6) is 6.33. The van der Waals surface area contributed by atoms with Gasteiger partial charge in [-0.3, -0.25) is 0 Å². The molecule has 4 nitrogen and oxygen atoms in total. The predicted octanol–water partition coefficient (Wildman–Crippen LogP) is 2.06. The Kier molecular flexibility index (Phi) is 6.24. The first-order chi connectivity index (χ1) is 10.1. The third kappa shape index (κ3) is 5.79. The number of hydrogen-bond donors (Lipinski definition) is 2. The van der Waals surface area contributed by atoms with Gasteiger partial charge in [0.1, 0.15) is 0 Å². The first-order valence-corrected chi connectivity index (χ1v) is 9.81. The summed E-state index contributed by atoms with van der Waals surface area (Å²) in [6.45, 7) is 0.686. The van der Waals surface area contributed by atoms with Crippen LogP contribution in [0.2, 0.25) is 0 Å². The zero-order valence-electron chi connectivity index (χ0n) is 12.1. The minimum Gasteiger partial charge on any atom is -0.320 e. The number of nitrogens with two attached hydrogens (primary N) is 1. The van der Waals surface area contributed by atoms with Gasteiger partial charge in [-0.1, -0.05) is 31.1 Å². The molecule has 1 aliphatic carbocycles. The van der Waals surface area contributed by atoms with Crippen LogP contribution in [0.15, 0.2) is 12.1 Å². The minimum atomic E-state index is -3.19. The summed E-state index contributed by atoms with van der Waals surface area (Å²) in [6, 6.07) is 3.81. The Bertz CT molecular complexity index is 605. The maximum absolute atomic E-state index is 12.1. The molecule has 0 saturated heterocycles. The molecule has 0 spiro atoms. The molecule has 1 fully saturated rings. The SMILES string of the molecule is NCC#Cc1ccc(CNS(=O)(=O)CC2CCCCC2)s1. The molecule has 116 valence electrons. The summed E-state index contributed by atoms with van der Waals surface area (Å²) in [5.41, 5.74) is 5.33. The Morgan fingerprint density at radius 3 is 2.76 bits per heavy atom. The van der Waals surface area contributed by atoms with Crippen LogP contribution in [-0.2, 0) is 16.6 Å². The minimum absolute atomic E-state index is 0.262. The standard InChI is InChI=1S/C15H22N2O2S2/c16-10-4-7-14-8-9-15(20-14)11-17-21(18,19)12-13-5-2-1-3-6-13/h8-9,13,17H,1-3,5-6,10-12,16H2. The summed E-state index contributed by atoms with van der Waals surface area (Å²) in [7, 11) is -3.19. The lowest BCUT2D eigenvalue weighted by Crippen LogP contribution is -2.30. The lowest BCUT2D eigenvalue weighted by atomic mass is 9.91. The third-order valence-corrected chi connectivity index (χ3v) is 6.12. The molecule has 0 aromatic carbocycles. The molecule has 1 heterocycles. The Labute approximate surface area is 131 Å². The fraction of sp³-hybridized carbons (Fsp3) is 0.600. The van der Waals surface area contributed by atoms with E-state index in [1.807, 2.05) is 12.1 Å². The lowest BCUT2D eigenvalue weighted by molar-refractivity contribution is 0.384. The molecule has 0 radical (unpaired) electrons. The fourth-order valence-electron chi connectivity index (χ4n) is 2.58. The van der Waals surface area contributed by atoms with E-state index in [4.69, 9.17) is 5.73 Å². The average molecular weight is 326 g/mol. The van der Waals surface area contributed by atoms with Crippen LogP contribution in [0, 0.1) is 17.8 Å². The van der Waals surface area contributed by atoms with E-state index in [0.29, 0.717) is 19.0 Å². The van der Waals surface area contributed by atoms with E-state index < -0.39 is 10.0 Å². The van der Waals surface area contributed by atoms with Crippen molar-refractivity contribution >= 4 is 21.4 Å². The summed E-state index contributed by atoms with van der Waals surface area (Å²) in [6.07, 6.45) is 5.64. The van der Waals surface area contributed by atoms with Crippen molar-refractivity contribution in [3.8, 4) is 11.8 Å². The second kappa shape index (κ2) is 7.95. The van der Waals surface area contributed by atoms with Gasteiger partial charge < -0.3 is 5.73 Å². The van der Waals surface area contributed by atoms with Gasteiger partial charge in [-0.25, -0.2) is 13.1 Å². The van der Waals surface area contributed by atoms with Gasteiger partial charge in [0.2, 0.25) is 10.0 Å². The zero-order valence-corrected chi connectivity index (χ0v) is 13.7. The van der Waals surface area contributed by atoms with Crippen molar-refractivity contribution < 1.29 is 8.42 Å². The fourth-order valence-corrected chi connectivity index (χ4v) is 4.94. The highest BCUT2D eigenvalue weighted by atomic mass is 32.2. The quantitative estimate of drug-likeness (QED) is 0.814.